The summed E-state index contributed by atoms with van der Waals surface area (Å²) in [6.45, 7) is 1.66. The molecule has 0 radical (unpaired) electrons. The van der Waals surface area contributed by atoms with Crippen molar-refractivity contribution in [3.8, 4) is 11.4 Å². The van der Waals surface area contributed by atoms with Gasteiger partial charge in [-0.25, -0.2) is 19.7 Å². The summed E-state index contributed by atoms with van der Waals surface area (Å²) < 4.78 is 4.03. The first-order valence-corrected chi connectivity index (χ1v) is 11.2. The zero-order chi connectivity index (χ0) is 21.7. The third-order valence-electron chi connectivity index (χ3n) is 6.69. The van der Waals surface area contributed by atoms with Gasteiger partial charge in [0.2, 0.25) is 0 Å². The normalized spacial score (nSPS) is 16.6. The minimum absolute atomic E-state index is 0.0154. The molecule has 4 heterocycles. The maximum Gasteiger partial charge on any atom is 0.326 e. The summed E-state index contributed by atoms with van der Waals surface area (Å²) in [7, 11) is 2.00. The Morgan fingerprint density at radius 1 is 1.09 bits per heavy atom. The molecule has 6 rings (SSSR count). The van der Waals surface area contributed by atoms with Crippen LogP contribution in [0.15, 0.2) is 47.5 Å². The number of H-pyrrole nitrogens is 1. The van der Waals surface area contributed by atoms with Crippen LogP contribution in [0.2, 0.25) is 0 Å². The summed E-state index contributed by atoms with van der Waals surface area (Å²) in [6.07, 6.45) is 9.51. The van der Waals surface area contributed by atoms with Crippen LogP contribution in [0.25, 0.3) is 28.6 Å². The lowest BCUT2D eigenvalue weighted by atomic mass is 10.0. The number of aryl methyl sites for hydroxylation is 1. The summed E-state index contributed by atoms with van der Waals surface area (Å²) in [5.41, 5.74) is 4.86. The number of nitrogens with one attached hydrogen (secondary N) is 1. The molecule has 4 aromatic rings. The SMILES string of the molecule is Cn1c(-c2ccccc2)nc2c(N3CCC(n4c5c([nH]c4=O)C=CCC5)CC3)ncnc21. The van der Waals surface area contributed by atoms with Crippen LogP contribution >= 0.6 is 0 Å². The van der Waals surface area contributed by atoms with Crippen molar-refractivity contribution in [2.75, 3.05) is 18.0 Å². The summed E-state index contributed by atoms with van der Waals surface area (Å²) in [5, 5.41) is 0. The Balaban J connectivity index is 1.30. The van der Waals surface area contributed by atoms with E-state index < -0.39 is 0 Å². The quantitative estimate of drug-likeness (QED) is 0.542. The van der Waals surface area contributed by atoms with Crippen LogP contribution in [0.1, 0.15) is 36.7 Å². The molecule has 1 fully saturated rings. The third-order valence-corrected chi connectivity index (χ3v) is 6.69. The first kappa shape index (κ1) is 19.0. The lowest BCUT2D eigenvalue weighted by molar-refractivity contribution is 0.379. The number of imidazole rings is 2. The largest absolute Gasteiger partial charge is 0.355 e. The van der Waals surface area contributed by atoms with Crippen molar-refractivity contribution < 1.29 is 0 Å². The number of nitrogens with zero attached hydrogens (tertiary/aromatic N) is 6. The monoisotopic (exact) mass is 427 g/mol. The molecule has 8 heteroatoms. The molecule has 1 aromatic carbocycles. The second-order valence-corrected chi connectivity index (χ2v) is 8.55. The van der Waals surface area contributed by atoms with E-state index in [1.165, 1.54) is 0 Å². The van der Waals surface area contributed by atoms with Gasteiger partial charge in [-0.1, -0.05) is 36.4 Å². The van der Waals surface area contributed by atoms with Gasteiger partial charge < -0.3 is 14.5 Å². The number of benzene rings is 1. The van der Waals surface area contributed by atoms with Crippen molar-refractivity contribution in [2.24, 2.45) is 7.05 Å². The van der Waals surface area contributed by atoms with Crippen molar-refractivity contribution in [1.29, 1.82) is 0 Å². The highest BCUT2D eigenvalue weighted by atomic mass is 16.1. The molecular weight excluding hydrogens is 402 g/mol. The highest BCUT2D eigenvalue weighted by Crippen LogP contribution is 2.32. The molecule has 162 valence electrons. The number of hydrogen-bond acceptors (Lipinski definition) is 5. The molecule has 0 spiro atoms. The molecule has 1 aliphatic heterocycles. The van der Waals surface area contributed by atoms with Crippen LogP contribution < -0.4 is 10.6 Å². The van der Waals surface area contributed by atoms with Gasteiger partial charge in [-0.05, 0) is 31.8 Å². The van der Waals surface area contributed by atoms with Gasteiger partial charge in [0.1, 0.15) is 12.2 Å². The topological polar surface area (TPSA) is 84.6 Å². The van der Waals surface area contributed by atoms with Crippen LogP contribution in [-0.2, 0) is 13.5 Å². The molecule has 8 nitrogen and oxygen atoms in total. The Bertz CT molecular complexity index is 1370. The summed E-state index contributed by atoms with van der Waals surface area (Å²) in [6, 6.07) is 10.4. The molecule has 0 unspecified atom stereocenters. The molecule has 0 bridgehead atoms. The van der Waals surface area contributed by atoms with Gasteiger partial charge in [0.05, 0.1) is 5.69 Å². The minimum atomic E-state index is 0.0154. The Morgan fingerprint density at radius 3 is 2.72 bits per heavy atom. The number of anilines is 1. The van der Waals surface area contributed by atoms with E-state index in [-0.39, 0.29) is 11.7 Å². The molecule has 2 aliphatic rings. The third kappa shape index (κ3) is 2.97. The van der Waals surface area contributed by atoms with E-state index in [1.807, 2.05) is 40.5 Å². The standard InChI is InChI=1S/C24H25N7O/c1-29-21(16-7-3-2-4-8-16)28-20-22(29)25-15-26-23(20)30-13-11-17(12-14-30)31-19-10-6-5-9-18(19)27-24(31)32/h2-5,7-9,15,17H,6,10-14H2,1H3,(H,27,32). The highest BCUT2D eigenvalue weighted by molar-refractivity contribution is 5.86. The van der Waals surface area contributed by atoms with Gasteiger partial charge >= 0.3 is 5.69 Å². The lowest BCUT2D eigenvalue weighted by Gasteiger charge is -2.33. The van der Waals surface area contributed by atoms with Crippen LogP contribution in [-0.4, -0.2) is 42.2 Å². The van der Waals surface area contributed by atoms with E-state index >= 15 is 0 Å². The zero-order valence-corrected chi connectivity index (χ0v) is 18.0. The second-order valence-electron chi connectivity index (χ2n) is 8.55. The number of rotatable bonds is 3. The molecule has 0 atom stereocenters. The maximum absolute atomic E-state index is 12.6. The van der Waals surface area contributed by atoms with E-state index in [0.717, 1.165) is 78.5 Å². The Hall–Kier alpha value is -3.68. The van der Waals surface area contributed by atoms with Crippen LogP contribution in [0.4, 0.5) is 5.82 Å². The van der Waals surface area contributed by atoms with Gasteiger partial charge in [-0.2, -0.15) is 0 Å². The highest BCUT2D eigenvalue weighted by Gasteiger charge is 2.28. The first-order chi connectivity index (χ1) is 15.7. The van der Waals surface area contributed by atoms with E-state index in [9.17, 15) is 4.79 Å². The van der Waals surface area contributed by atoms with E-state index in [2.05, 4.69) is 38.1 Å². The molecular formula is C24H25N7O. The van der Waals surface area contributed by atoms with E-state index in [4.69, 9.17) is 4.98 Å². The smallest absolute Gasteiger partial charge is 0.326 e. The molecule has 1 saturated heterocycles. The second kappa shape index (κ2) is 7.47. The fourth-order valence-electron chi connectivity index (χ4n) is 5.10. The number of hydrogen-bond donors (Lipinski definition) is 1. The number of aromatic amines is 1. The van der Waals surface area contributed by atoms with Gasteiger partial charge in [-0.3, -0.25) is 4.57 Å². The molecule has 1 N–H and O–H groups in total. The fraction of sp³-hybridized carbons (Fsp3) is 0.333. The first-order valence-electron chi connectivity index (χ1n) is 11.2. The molecule has 0 amide bonds. The minimum Gasteiger partial charge on any atom is -0.355 e. The van der Waals surface area contributed by atoms with Crippen molar-refractivity contribution in [2.45, 2.75) is 31.7 Å². The number of allylic oxidation sites excluding steroid dienone is 1. The average Bonchev–Trinajstić information content (AvgIpc) is 3.36. The van der Waals surface area contributed by atoms with Crippen LogP contribution in [0.3, 0.4) is 0 Å². The number of aromatic nitrogens is 6. The molecule has 0 saturated carbocycles. The molecule has 3 aromatic heterocycles. The molecule has 32 heavy (non-hydrogen) atoms. The lowest BCUT2D eigenvalue weighted by Crippen LogP contribution is -2.38. The van der Waals surface area contributed by atoms with Crippen molar-refractivity contribution in [3.05, 3.63) is 64.6 Å². The average molecular weight is 428 g/mol. The molecule has 1 aliphatic carbocycles. The Labute approximate surface area is 185 Å². The van der Waals surface area contributed by atoms with Crippen molar-refractivity contribution in [3.63, 3.8) is 0 Å². The summed E-state index contributed by atoms with van der Waals surface area (Å²) in [5.74, 6) is 1.76. The predicted molar refractivity (Wildman–Crippen MR) is 125 cm³/mol. The van der Waals surface area contributed by atoms with Crippen molar-refractivity contribution >= 4 is 23.1 Å². The predicted octanol–water partition coefficient (Wildman–Crippen LogP) is 3.32. The Morgan fingerprint density at radius 2 is 1.91 bits per heavy atom. The van der Waals surface area contributed by atoms with Gasteiger partial charge in [0.15, 0.2) is 17.0 Å². The van der Waals surface area contributed by atoms with E-state index in [0.29, 0.717) is 0 Å². The summed E-state index contributed by atoms with van der Waals surface area (Å²) in [4.78, 5) is 32.0. The van der Waals surface area contributed by atoms with Gasteiger partial charge in [0.25, 0.3) is 0 Å². The van der Waals surface area contributed by atoms with Gasteiger partial charge in [-0.15, -0.1) is 0 Å². The zero-order valence-electron chi connectivity index (χ0n) is 18.0. The van der Waals surface area contributed by atoms with E-state index in [1.54, 1.807) is 6.33 Å². The number of fused-ring (bicyclic) bond motifs is 2. The van der Waals surface area contributed by atoms with Gasteiger partial charge in [0, 0.05) is 37.4 Å². The summed E-state index contributed by atoms with van der Waals surface area (Å²) >= 11 is 0. The van der Waals surface area contributed by atoms with Crippen LogP contribution in [0, 0.1) is 0 Å². The van der Waals surface area contributed by atoms with Crippen molar-refractivity contribution in [1.82, 2.24) is 29.1 Å². The Kier molecular flexibility index (Phi) is 4.45. The fourth-order valence-corrected chi connectivity index (χ4v) is 5.10. The number of piperidine rings is 1. The maximum atomic E-state index is 12.6. The van der Waals surface area contributed by atoms with Crippen LogP contribution in [0.5, 0.6) is 0 Å².